The Hall–Kier alpha value is -1.30. The Morgan fingerprint density at radius 1 is 1.27 bits per heavy atom. The second-order valence-electron chi connectivity index (χ2n) is 7.01. The fourth-order valence-corrected chi connectivity index (χ4v) is 3.93. The van der Waals surface area contributed by atoms with Crippen LogP contribution < -0.4 is 15.0 Å². The molecule has 0 radical (unpaired) electrons. The first kappa shape index (κ1) is 21.0. The molecule has 1 saturated carbocycles. The Morgan fingerprint density at radius 3 is 2.85 bits per heavy atom. The number of anilines is 1. The number of ether oxygens (including phenoxy) is 1. The lowest BCUT2D eigenvalue weighted by Gasteiger charge is -2.30. The van der Waals surface area contributed by atoms with Gasteiger partial charge in [0.15, 0.2) is 0 Å². The van der Waals surface area contributed by atoms with Gasteiger partial charge in [0.05, 0.1) is 18.4 Å². The lowest BCUT2D eigenvalue weighted by Crippen LogP contribution is -2.42. The molecule has 1 amide bonds. The van der Waals surface area contributed by atoms with Crippen LogP contribution in [-0.4, -0.2) is 42.9 Å². The molecule has 1 aromatic carbocycles. The number of amides is 1. The quantitative estimate of drug-likeness (QED) is 0.711. The monoisotopic (exact) mass is 382 g/mol. The average Bonchev–Trinajstić information content (AvgIpc) is 2.63. The Bertz CT molecular complexity index is 596. The molecule has 146 valence electrons. The van der Waals surface area contributed by atoms with Gasteiger partial charge in [-0.25, -0.2) is 0 Å². The highest BCUT2D eigenvalue weighted by atomic mass is 35.5. The van der Waals surface area contributed by atoms with Crippen LogP contribution in [0, 0.1) is 0 Å². The second-order valence-corrected chi connectivity index (χ2v) is 7.01. The van der Waals surface area contributed by atoms with Crippen molar-refractivity contribution in [3.63, 3.8) is 0 Å². The molecule has 2 atom stereocenters. The maximum atomic E-state index is 12.0. The predicted molar refractivity (Wildman–Crippen MR) is 106 cm³/mol. The molecule has 1 aliphatic heterocycles. The van der Waals surface area contributed by atoms with Gasteiger partial charge in [-0.1, -0.05) is 18.9 Å². The van der Waals surface area contributed by atoms with Crippen LogP contribution in [-0.2, 0) is 11.2 Å². The third kappa shape index (κ3) is 4.90. The molecular formula is C20H31ClN2O3. The van der Waals surface area contributed by atoms with E-state index >= 15 is 0 Å². The van der Waals surface area contributed by atoms with Crippen molar-refractivity contribution in [2.45, 2.75) is 64.0 Å². The zero-order valence-electron chi connectivity index (χ0n) is 15.6. The maximum Gasteiger partial charge on any atom is 0.227 e. The molecule has 3 rings (SSSR count). The van der Waals surface area contributed by atoms with Crippen molar-refractivity contribution in [3.8, 4) is 5.75 Å². The topological polar surface area (TPSA) is 61.8 Å². The van der Waals surface area contributed by atoms with E-state index in [1.807, 2.05) is 30.0 Å². The van der Waals surface area contributed by atoms with Crippen LogP contribution in [0.15, 0.2) is 18.2 Å². The Labute approximate surface area is 162 Å². The number of rotatable bonds is 7. The minimum absolute atomic E-state index is 0. The summed E-state index contributed by atoms with van der Waals surface area (Å²) in [5, 5.41) is 13.4. The number of fused-ring (bicyclic) bond motifs is 1. The molecule has 1 aliphatic carbocycles. The van der Waals surface area contributed by atoms with Crippen molar-refractivity contribution in [1.29, 1.82) is 0 Å². The number of carbonyl (C=O) groups is 1. The Morgan fingerprint density at radius 2 is 2.08 bits per heavy atom. The van der Waals surface area contributed by atoms with E-state index in [0.29, 0.717) is 19.6 Å². The van der Waals surface area contributed by atoms with Crippen LogP contribution in [0.2, 0.25) is 0 Å². The molecule has 2 aliphatic rings. The Kier molecular flexibility index (Phi) is 8.19. The first-order valence-electron chi connectivity index (χ1n) is 9.67. The summed E-state index contributed by atoms with van der Waals surface area (Å²) in [7, 11) is 0. The van der Waals surface area contributed by atoms with Crippen molar-refractivity contribution < 1.29 is 14.6 Å². The van der Waals surface area contributed by atoms with E-state index < -0.39 is 0 Å². The van der Waals surface area contributed by atoms with E-state index in [4.69, 9.17) is 4.74 Å². The molecule has 1 aromatic rings. The number of hydrogen-bond acceptors (Lipinski definition) is 4. The van der Waals surface area contributed by atoms with E-state index in [0.717, 1.165) is 55.6 Å². The van der Waals surface area contributed by atoms with Crippen molar-refractivity contribution >= 4 is 24.0 Å². The van der Waals surface area contributed by atoms with Crippen LogP contribution in [0.25, 0.3) is 0 Å². The lowest BCUT2D eigenvalue weighted by atomic mass is 9.92. The van der Waals surface area contributed by atoms with Gasteiger partial charge in [0.1, 0.15) is 5.75 Å². The van der Waals surface area contributed by atoms with Gasteiger partial charge in [-0.15, -0.1) is 12.4 Å². The van der Waals surface area contributed by atoms with Crippen LogP contribution in [0.5, 0.6) is 5.75 Å². The van der Waals surface area contributed by atoms with Crippen LogP contribution in [0.4, 0.5) is 5.69 Å². The number of benzene rings is 1. The first-order valence-corrected chi connectivity index (χ1v) is 9.67. The highest BCUT2D eigenvalue weighted by molar-refractivity contribution is 5.96. The highest BCUT2D eigenvalue weighted by Crippen LogP contribution is 2.34. The van der Waals surface area contributed by atoms with Gasteiger partial charge in [0.25, 0.3) is 0 Å². The fraction of sp³-hybridized carbons (Fsp3) is 0.650. The van der Waals surface area contributed by atoms with Crippen LogP contribution >= 0.6 is 12.4 Å². The molecule has 26 heavy (non-hydrogen) atoms. The summed E-state index contributed by atoms with van der Waals surface area (Å²) in [6.07, 6.45) is 6.34. The number of aliphatic hydroxyl groups excluding tert-OH is 1. The molecule has 0 aromatic heterocycles. The number of aliphatic hydroxyl groups is 1. The molecule has 0 spiro atoms. The molecule has 1 fully saturated rings. The van der Waals surface area contributed by atoms with E-state index in [1.165, 1.54) is 6.42 Å². The van der Waals surface area contributed by atoms with Crippen molar-refractivity contribution in [2.24, 2.45) is 0 Å². The summed E-state index contributed by atoms with van der Waals surface area (Å²) in [5.41, 5.74) is 2.15. The van der Waals surface area contributed by atoms with Crippen molar-refractivity contribution in [3.05, 3.63) is 23.8 Å². The van der Waals surface area contributed by atoms with E-state index in [9.17, 15) is 9.90 Å². The maximum absolute atomic E-state index is 12.0. The standard InChI is InChI=1S/C20H30N2O3.ClH/c1-2-22-17-8-5-10-19(15(17)11-12-20(22)24)25-14-6-13-21-16-7-3-4-9-18(16)23;/h5,8,10,16,18,21,23H,2-4,6-7,9,11-14H2,1H3;1H. The van der Waals surface area contributed by atoms with Crippen molar-refractivity contribution in [1.82, 2.24) is 5.32 Å². The minimum Gasteiger partial charge on any atom is -0.493 e. The lowest BCUT2D eigenvalue weighted by molar-refractivity contribution is -0.118. The third-order valence-electron chi connectivity index (χ3n) is 5.32. The number of halogens is 1. The van der Waals surface area contributed by atoms with Crippen LogP contribution in [0.1, 0.15) is 51.0 Å². The van der Waals surface area contributed by atoms with E-state index in [1.54, 1.807) is 0 Å². The summed E-state index contributed by atoms with van der Waals surface area (Å²) in [6.45, 7) is 4.21. The highest BCUT2D eigenvalue weighted by Gasteiger charge is 2.25. The summed E-state index contributed by atoms with van der Waals surface area (Å²) in [4.78, 5) is 13.9. The van der Waals surface area contributed by atoms with E-state index in [2.05, 4.69) is 5.32 Å². The minimum atomic E-state index is -0.201. The van der Waals surface area contributed by atoms with E-state index in [-0.39, 0.29) is 30.5 Å². The molecule has 5 nitrogen and oxygen atoms in total. The number of nitrogens with one attached hydrogen (secondary N) is 1. The molecule has 2 unspecified atom stereocenters. The summed E-state index contributed by atoms with van der Waals surface area (Å²) in [5.74, 6) is 1.10. The van der Waals surface area contributed by atoms with Gasteiger partial charge in [0, 0.05) is 24.6 Å². The largest absolute Gasteiger partial charge is 0.493 e. The van der Waals surface area contributed by atoms with Gasteiger partial charge in [-0.05, 0) is 51.3 Å². The number of nitrogens with zero attached hydrogens (tertiary/aromatic N) is 1. The van der Waals surface area contributed by atoms with Gasteiger partial charge >= 0.3 is 0 Å². The molecular weight excluding hydrogens is 352 g/mol. The fourth-order valence-electron chi connectivity index (χ4n) is 3.93. The van der Waals surface area contributed by atoms with Gasteiger partial charge in [-0.3, -0.25) is 4.79 Å². The number of carbonyl (C=O) groups excluding carboxylic acids is 1. The molecule has 2 N–H and O–H groups in total. The molecule has 0 saturated heterocycles. The average molecular weight is 383 g/mol. The summed E-state index contributed by atoms with van der Waals surface area (Å²) >= 11 is 0. The smallest absolute Gasteiger partial charge is 0.227 e. The summed E-state index contributed by atoms with van der Waals surface area (Å²) in [6, 6.07) is 6.21. The third-order valence-corrected chi connectivity index (χ3v) is 5.32. The Balaban J connectivity index is 0.00000243. The number of hydrogen-bond donors (Lipinski definition) is 2. The molecule has 0 bridgehead atoms. The van der Waals surface area contributed by atoms with Gasteiger partial charge < -0.3 is 20.1 Å². The predicted octanol–water partition coefficient (Wildman–Crippen LogP) is 3.07. The zero-order valence-corrected chi connectivity index (χ0v) is 16.4. The second kappa shape index (κ2) is 10.1. The SMILES string of the molecule is CCN1C(=O)CCc2c(OCCCNC3CCCCC3O)cccc21.Cl. The van der Waals surface area contributed by atoms with Crippen LogP contribution in [0.3, 0.4) is 0 Å². The van der Waals surface area contributed by atoms with Gasteiger partial charge in [0.2, 0.25) is 5.91 Å². The van der Waals surface area contributed by atoms with Gasteiger partial charge in [-0.2, -0.15) is 0 Å². The zero-order chi connectivity index (χ0) is 17.6. The molecule has 6 heteroatoms. The summed E-state index contributed by atoms with van der Waals surface area (Å²) < 4.78 is 6.01. The molecule has 1 heterocycles. The van der Waals surface area contributed by atoms with Crippen molar-refractivity contribution in [2.75, 3.05) is 24.6 Å². The first-order chi connectivity index (χ1) is 12.2. The normalized spacial score (nSPS) is 22.5.